The Hall–Kier alpha value is -2.25. The van der Waals surface area contributed by atoms with Gasteiger partial charge < -0.3 is 15.5 Å². The predicted octanol–water partition coefficient (Wildman–Crippen LogP) is 2.62. The van der Waals surface area contributed by atoms with Gasteiger partial charge in [0.15, 0.2) is 17.5 Å². The lowest BCUT2D eigenvalue weighted by Crippen LogP contribution is -2.45. The molecule has 1 atom stereocenters. The standard InChI is InChI=1S/C15H18F3N3O2/c1-15(2,3)21-7-8(6-11(21)22)19-14(23)20-10-5-4-9(16)12(17)13(10)18/h4-5,8H,6-7H2,1-3H3,(H2,19,20,23). The maximum Gasteiger partial charge on any atom is 0.319 e. The van der Waals surface area contributed by atoms with E-state index in [1.807, 2.05) is 20.8 Å². The van der Waals surface area contributed by atoms with Gasteiger partial charge in [0.05, 0.1) is 11.7 Å². The molecule has 3 amide bonds. The lowest BCUT2D eigenvalue weighted by Gasteiger charge is -2.32. The van der Waals surface area contributed by atoms with Crippen molar-refractivity contribution in [1.29, 1.82) is 0 Å². The number of rotatable bonds is 2. The SMILES string of the molecule is CC(C)(C)N1CC(NC(=O)Nc2ccc(F)c(F)c2F)CC1=O. The summed E-state index contributed by atoms with van der Waals surface area (Å²) in [6.07, 6.45) is 0.130. The number of carbonyl (C=O) groups excluding carboxylic acids is 2. The summed E-state index contributed by atoms with van der Waals surface area (Å²) in [6.45, 7) is 5.97. The van der Waals surface area contributed by atoms with Crippen molar-refractivity contribution in [2.75, 3.05) is 11.9 Å². The third-order valence-electron chi connectivity index (χ3n) is 3.55. The molecule has 8 heteroatoms. The summed E-state index contributed by atoms with van der Waals surface area (Å²) in [5.41, 5.74) is -0.839. The summed E-state index contributed by atoms with van der Waals surface area (Å²) >= 11 is 0. The minimum atomic E-state index is -1.65. The number of anilines is 1. The van der Waals surface area contributed by atoms with Crippen molar-refractivity contribution >= 4 is 17.6 Å². The van der Waals surface area contributed by atoms with Crippen LogP contribution in [0.15, 0.2) is 12.1 Å². The van der Waals surface area contributed by atoms with Gasteiger partial charge in [-0.1, -0.05) is 0 Å². The molecule has 2 rings (SSSR count). The van der Waals surface area contributed by atoms with E-state index in [1.165, 1.54) is 0 Å². The number of hydrogen-bond acceptors (Lipinski definition) is 2. The molecule has 0 radical (unpaired) electrons. The van der Waals surface area contributed by atoms with Crippen LogP contribution in [0.25, 0.3) is 0 Å². The maximum atomic E-state index is 13.5. The van der Waals surface area contributed by atoms with Gasteiger partial charge in [-0.2, -0.15) is 0 Å². The molecule has 1 heterocycles. The molecule has 0 spiro atoms. The van der Waals surface area contributed by atoms with Crippen LogP contribution < -0.4 is 10.6 Å². The van der Waals surface area contributed by atoms with E-state index in [4.69, 9.17) is 0 Å². The predicted molar refractivity (Wildman–Crippen MR) is 78.3 cm³/mol. The second-order valence-corrected chi connectivity index (χ2v) is 6.40. The average Bonchev–Trinajstić information content (AvgIpc) is 2.80. The van der Waals surface area contributed by atoms with Crippen molar-refractivity contribution < 1.29 is 22.8 Å². The Balaban J connectivity index is 1.99. The second kappa shape index (κ2) is 6.10. The van der Waals surface area contributed by atoms with Crippen LogP contribution in [0.1, 0.15) is 27.2 Å². The molecule has 2 N–H and O–H groups in total. The normalized spacial score (nSPS) is 18.3. The Bertz CT molecular complexity index is 644. The van der Waals surface area contributed by atoms with Crippen LogP contribution in [-0.4, -0.2) is 35.0 Å². The number of benzene rings is 1. The van der Waals surface area contributed by atoms with E-state index in [-0.39, 0.29) is 17.9 Å². The Morgan fingerprint density at radius 2 is 1.87 bits per heavy atom. The zero-order chi connectivity index (χ0) is 17.4. The minimum Gasteiger partial charge on any atom is -0.336 e. The van der Waals surface area contributed by atoms with Crippen molar-refractivity contribution in [3.8, 4) is 0 Å². The first-order chi connectivity index (χ1) is 10.6. The Morgan fingerprint density at radius 3 is 2.43 bits per heavy atom. The van der Waals surface area contributed by atoms with Gasteiger partial charge in [-0.3, -0.25) is 4.79 Å². The molecule has 1 fully saturated rings. The largest absolute Gasteiger partial charge is 0.336 e. The summed E-state index contributed by atoms with van der Waals surface area (Å²) in [5.74, 6) is -4.56. The van der Waals surface area contributed by atoms with Crippen LogP contribution >= 0.6 is 0 Å². The first-order valence-electron chi connectivity index (χ1n) is 7.11. The molecule has 5 nitrogen and oxygen atoms in total. The number of hydrogen-bond donors (Lipinski definition) is 2. The number of carbonyl (C=O) groups is 2. The molecular weight excluding hydrogens is 311 g/mol. The summed E-state index contributed by atoms with van der Waals surface area (Å²) in [4.78, 5) is 25.4. The highest BCUT2D eigenvalue weighted by molar-refractivity contribution is 5.90. The first kappa shape index (κ1) is 17.1. The number of amides is 3. The second-order valence-electron chi connectivity index (χ2n) is 6.40. The summed E-state index contributed by atoms with van der Waals surface area (Å²) < 4.78 is 39.4. The fourth-order valence-corrected chi connectivity index (χ4v) is 2.42. The molecule has 0 saturated carbocycles. The van der Waals surface area contributed by atoms with Crippen LogP contribution in [0.5, 0.6) is 0 Å². The molecular formula is C15H18F3N3O2. The number of nitrogens with zero attached hydrogens (tertiary/aromatic N) is 1. The summed E-state index contributed by atoms with van der Waals surface area (Å²) in [5, 5.41) is 4.64. The smallest absolute Gasteiger partial charge is 0.319 e. The molecule has 1 aromatic carbocycles. The number of nitrogens with one attached hydrogen (secondary N) is 2. The molecule has 1 saturated heterocycles. The van der Waals surface area contributed by atoms with Gasteiger partial charge in [-0.15, -0.1) is 0 Å². The van der Waals surface area contributed by atoms with Crippen molar-refractivity contribution in [2.24, 2.45) is 0 Å². The van der Waals surface area contributed by atoms with Crippen molar-refractivity contribution in [3.63, 3.8) is 0 Å². The highest BCUT2D eigenvalue weighted by Gasteiger charge is 2.36. The molecule has 126 valence electrons. The van der Waals surface area contributed by atoms with Crippen LogP contribution in [0.2, 0.25) is 0 Å². The fourth-order valence-electron chi connectivity index (χ4n) is 2.42. The third kappa shape index (κ3) is 3.75. The minimum absolute atomic E-state index is 0.0955. The Kier molecular flexibility index (Phi) is 4.53. The molecule has 1 aliphatic heterocycles. The van der Waals surface area contributed by atoms with Gasteiger partial charge >= 0.3 is 6.03 Å². The molecule has 23 heavy (non-hydrogen) atoms. The van der Waals surface area contributed by atoms with Gasteiger partial charge in [0.1, 0.15) is 0 Å². The van der Waals surface area contributed by atoms with Gasteiger partial charge in [0, 0.05) is 18.5 Å². The van der Waals surface area contributed by atoms with E-state index in [0.717, 1.165) is 6.07 Å². The molecule has 0 aliphatic carbocycles. The van der Waals surface area contributed by atoms with E-state index >= 15 is 0 Å². The molecule has 1 unspecified atom stereocenters. The van der Waals surface area contributed by atoms with Crippen LogP contribution in [0.3, 0.4) is 0 Å². The third-order valence-corrected chi connectivity index (χ3v) is 3.55. The Morgan fingerprint density at radius 1 is 1.22 bits per heavy atom. The van der Waals surface area contributed by atoms with Crippen molar-refractivity contribution in [3.05, 3.63) is 29.6 Å². The van der Waals surface area contributed by atoms with Crippen molar-refractivity contribution in [1.82, 2.24) is 10.2 Å². The maximum absolute atomic E-state index is 13.5. The topological polar surface area (TPSA) is 61.4 Å². The quantitative estimate of drug-likeness (QED) is 0.820. The van der Waals surface area contributed by atoms with E-state index < -0.39 is 35.2 Å². The van der Waals surface area contributed by atoms with Gasteiger partial charge in [-0.25, -0.2) is 18.0 Å². The van der Waals surface area contributed by atoms with Gasteiger partial charge in [0.2, 0.25) is 5.91 Å². The fraction of sp³-hybridized carbons (Fsp3) is 0.467. The average molecular weight is 329 g/mol. The van der Waals surface area contributed by atoms with E-state index in [0.29, 0.717) is 12.6 Å². The number of likely N-dealkylation sites (tertiary alicyclic amines) is 1. The zero-order valence-corrected chi connectivity index (χ0v) is 13.0. The van der Waals surface area contributed by atoms with Crippen LogP contribution in [0, 0.1) is 17.5 Å². The zero-order valence-electron chi connectivity index (χ0n) is 13.0. The number of halogens is 3. The lowest BCUT2D eigenvalue weighted by atomic mass is 10.1. The van der Waals surface area contributed by atoms with Crippen LogP contribution in [-0.2, 0) is 4.79 Å². The van der Waals surface area contributed by atoms with Crippen LogP contribution in [0.4, 0.5) is 23.7 Å². The summed E-state index contributed by atoms with van der Waals surface area (Å²) in [7, 11) is 0. The Labute approximate surface area is 131 Å². The van der Waals surface area contributed by atoms with E-state index in [9.17, 15) is 22.8 Å². The van der Waals surface area contributed by atoms with E-state index in [1.54, 1.807) is 4.90 Å². The molecule has 0 bridgehead atoms. The first-order valence-corrected chi connectivity index (χ1v) is 7.11. The van der Waals surface area contributed by atoms with Crippen molar-refractivity contribution in [2.45, 2.75) is 38.8 Å². The number of urea groups is 1. The lowest BCUT2D eigenvalue weighted by molar-refractivity contribution is -0.131. The van der Waals surface area contributed by atoms with E-state index in [2.05, 4.69) is 10.6 Å². The monoisotopic (exact) mass is 329 g/mol. The molecule has 1 aromatic rings. The molecule has 1 aliphatic rings. The summed E-state index contributed by atoms with van der Waals surface area (Å²) in [6, 6.07) is 0.418. The highest BCUT2D eigenvalue weighted by atomic mass is 19.2. The highest BCUT2D eigenvalue weighted by Crippen LogP contribution is 2.22. The van der Waals surface area contributed by atoms with Gasteiger partial charge in [-0.05, 0) is 32.9 Å². The molecule has 0 aromatic heterocycles. The van der Waals surface area contributed by atoms with Gasteiger partial charge in [0.25, 0.3) is 0 Å².